The highest BCUT2D eigenvalue weighted by Crippen LogP contribution is 2.24. The van der Waals surface area contributed by atoms with Gasteiger partial charge < -0.3 is 10.0 Å². The molecule has 1 amide bonds. The second-order valence-corrected chi connectivity index (χ2v) is 5.88. The van der Waals surface area contributed by atoms with Crippen molar-refractivity contribution < 1.29 is 9.90 Å². The van der Waals surface area contributed by atoms with Crippen molar-refractivity contribution in [2.45, 2.75) is 64.1 Å². The van der Waals surface area contributed by atoms with E-state index in [9.17, 15) is 9.90 Å². The normalized spacial score (nSPS) is 33.9. The molecule has 2 unspecified atom stereocenters. The van der Waals surface area contributed by atoms with Gasteiger partial charge in [-0.05, 0) is 52.5 Å². The van der Waals surface area contributed by atoms with Crippen LogP contribution in [0.2, 0.25) is 0 Å². The van der Waals surface area contributed by atoms with Crippen molar-refractivity contribution in [1.82, 2.24) is 9.80 Å². The topological polar surface area (TPSA) is 43.8 Å². The lowest BCUT2D eigenvalue weighted by molar-refractivity contribution is -0.138. The largest absolute Gasteiger partial charge is 0.395 e. The first-order valence-electron chi connectivity index (χ1n) is 7.29. The molecule has 2 rings (SSSR count). The van der Waals surface area contributed by atoms with Gasteiger partial charge in [0.15, 0.2) is 0 Å². The van der Waals surface area contributed by atoms with Crippen molar-refractivity contribution in [3.05, 3.63) is 0 Å². The fraction of sp³-hybridized carbons (Fsp3) is 0.929. The Kier molecular flexibility index (Phi) is 4.62. The van der Waals surface area contributed by atoms with Crippen LogP contribution in [-0.4, -0.2) is 58.6 Å². The number of hydrogen-bond donors (Lipinski definition) is 1. The third-order valence-electron chi connectivity index (χ3n) is 4.53. The molecule has 2 aliphatic heterocycles. The molecule has 2 saturated heterocycles. The van der Waals surface area contributed by atoms with Crippen molar-refractivity contribution in [2.24, 2.45) is 0 Å². The van der Waals surface area contributed by atoms with Crippen molar-refractivity contribution in [3.8, 4) is 0 Å². The molecular formula is C14H26N2O2. The van der Waals surface area contributed by atoms with Crippen molar-refractivity contribution in [3.63, 3.8) is 0 Å². The summed E-state index contributed by atoms with van der Waals surface area (Å²) in [5.41, 5.74) is 0. The van der Waals surface area contributed by atoms with Crippen LogP contribution >= 0.6 is 0 Å². The second-order valence-electron chi connectivity index (χ2n) is 5.88. The highest BCUT2D eigenvalue weighted by Gasteiger charge is 2.32. The zero-order chi connectivity index (χ0) is 13.1. The molecule has 18 heavy (non-hydrogen) atoms. The van der Waals surface area contributed by atoms with E-state index in [1.165, 1.54) is 6.42 Å². The summed E-state index contributed by atoms with van der Waals surface area (Å²) in [5.74, 6) is 0.245. The average molecular weight is 254 g/mol. The highest BCUT2D eigenvalue weighted by molar-refractivity contribution is 5.79. The Morgan fingerprint density at radius 2 is 1.83 bits per heavy atom. The fourth-order valence-corrected chi connectivity index (χ4v) is 3.48. The van der Waals surface area contributed by atoms with Crippen LogP contribution in [0.1, 0.15) is 46.0 Å². The van der Waals surface area contributed by atoms with Gasteiger partial charge in [-0.3, -0.25) is 9.69 Å². The summed E-state index contributed by atoms with van der Waals surface area (Å²) in [6, 6.07) is 0.942. The van der Waals surface area contributed by atoms with Gasteiger partial charge in [-0.25, -0.2) is 0 Å². The van der Waals surface area contributed by atoms with Crippen LogP contribution in [0.4, 0.5) is 0 Å². The summed E-state index contributed by atoms with van der Waals surface area (Å²) in [5, 5.41) is 9.30. The van der Waals surface area contributed by atoms with Crippen LogP contribution in [0, 0.1) is 0 Å². The first kappa shape index (κ1) is 13.8. The Bertz CT molecular complexity index is 286. The van der Waals surface area contributed by atoms with Crippen molar-refractivity contribution in [2.75, 3.05) is 19.7 Å². The minimum absolute atomic E-state index is 0.179. The predicted molar refractivity (Wildman–Crippen MR) is 71.3 cm³/mol. The maximum absolute atomic E-state index is 12.4. The summed E-state index contributed by atoms with van der Waals surface area (Å²) >= 11 is 0. The molecule has 3 atom stereocenters. The van der Waals surface area contributed by atoms with E-state index in [1.54, 1.807) is 0 Å². The van der Waals surface area contributed by atoms with Crippen LogP contribution < -0.4 is 0 Å². The summed E-state index contributed by atoms with van der Waals surface area (Å²) in [6.45, 7) is 5.92. The zero-order valence-corrected chi connectivity index (χ0v) is 11.6. The minimum atomic E-state index is 0.179. The molecule has 104 valence electrons. The molecule has 2 aliphatic rings. The molecule has 2 fully saturated rings. The molecule has 0 spiro atoms. The first-order valence-corrected chi connectivity index (χ1v) is 7.29. The van der Waals surface area contributed by atoms with Gasteiger partial charge in [0, 0.05) is 18.1 Å². The summed E-state index contributed by atoms with van der Waals surface area (Å²) < 4.78 is 0. The number of nitrogens with zero attached hydrogens (tertiary/aromatic N) is 2. The minimum Gasteiger partial charge on any atom is -0.395 e. The Hall–Kier alpha value is -0.610. The monoisotopic (exact) mass is 254 g/mol. The lowest BCUT2D eigenvalue weighted by Gasteiger charge is -2.40. The van der Waals surface area contributed by atoms with Gasteiger partial charge in [-0.1, -0.05) is 0 Å². The van der Waals surface area contributed by atoms with E-state index in [0.29, 0.717) is 18.6 Å². The maximum Gasteiger partial charge on any atom is 0.237 e. The number of amides is 1. The smallest absolute Gasteiger partial charge is 0.237 e. The van der Waals surface area contributed by atoms with Crippen LogP contribution in [0.3, 0.4) is 0 Å². The lowest BCUT2D eigenvalue weighted by Crippen LogP contribution is -2.51. The number of rotatable bonds is 3. The Morgan fingerprint density at radius 3 is 2.44 bits per heavy atom. The van der Waals surface area contributed by atoms with Gasteiger partial charge >= 0.3 is 0 Å². The van der Waals surface area contributed by atoms with Crippen molar-refractivity contribution >= 4 is 5.91 Å². The van der Waals surface area contributed by atoms with Gasteiger partial charge in [-0.15, -0.1) is 0 Å². The predicted octanol–water partition coefficient (Wildman–Crippen LogP) is 1.23. The van der Waals surface area contributed by atoms with Crippen molar-refractivity contribution in [1.29, 1.82) is 0 Å². The number of aliphatic hydroxyl groups is 1. The van der Waals surface area contributed by atoms with E-state index in [4.69, 9.17) is 0 Å². The number of hydrogen-bond acceptors (Lipinski definition) is 3. The van der Waals surface area contributed by atoms with E-state index in [2.05, 4.69) is 23.6 Å². The molecular weight excluding hydrogens is 228 g/mol. The van der Waals surface area contributed by atoms with Crippen LogP contribution in [-0.2, 0) is 4.79 Å². The van der Waals surface area contributed by atoms with E-state index in [-0.39, 0.29) is 18.6 Å². The Morgan fingerprint density at radius 1 is 1.17 bits per heavy atom. The van der Waals surface area contributed by atoms with E-state index in [1.807, 2.05) is 0 Å². The molecule has 0 saturated carbocycles. The molecule has 0 aromatic heterocycles. The quantitative estimate of drug-likeness (QED) is 0.824. The Balaban J connectivity index is 1.94. The molecule has 4 heteroatoms. The van der Waals surface area contributed by atoms with E-state index >= 15 is 0 Å². The molecule has 0 radical (unpaired) electrons. The average Bonchev–Trinajstić information content (AvgIpc) is 2.76. The van der Waals surface area contributed by atoms with Crippen LogP contribution in [0.5, 0.6) is 0 Å². The summed E-state index contributed by atoms with van der Waals surface area (Å²) in [6.07, 6.45) is 5.60. The molecule has 0 aromatic carbocycles. The number of aliphatic hydroxyl groups excluding tert-OH is 1. The molecule has 4 nitrogen and oxygen atoms in total. The standard InChI is InChI=1S/C14H26N2O2/c1-11-5-3-6-12(2)16(11)14(18)9-15-8-4-7-13(15)10-17/h11-13,17H,3-10H2,1-2H3/t11?,12?,13-/m1/s1. The molecule has 2 heterocycles. The zero-order valence-electron chi connectivity index (χ0n) is 11.6. The molecule has 0 aliphatic carbocycles. The number of likely N-dealkylation sites (tertiary alicyclic amines) is 2. The third kappa shape index (κ3) is 2.86. The van der Waals surface area contributed by atoms with Gasteiger partial charge in [0.05, 0.1) is 13.2 Å². The van der Waals surface area contributed by atoms with Gasteiger partial charge in [-0.2, -0.15) is 0 Å². The molecule has 0 bridgehead atoms. The fourth-order valence-electron chi connectivity index (χ4n) is 3.48. The number of carbonyl (C=O) groups excluding carboxylic acids is 1. The number of carbonyl (C=O) groups is 1. The first-order chi connectivity index (χ1) is 8.63. The number of piperidine rings is 1. The van der Waals surface area contributed by atoms with Crippen LogP contribution in [0.15, 0.2) is 0 Å². The molecule has 1 N–H and O–H groups in total. The third-order valence-corrected chi connectivity index (χ3v) is 4.53. The highest BCUT2D eigenvalue weighted by atomic mass is 16.3. The van der Waals surface area contributed by atoms with E-state index in [0.717, 1.165) is 32.2 Å². The SMILES string of the molecule is CC1CCCC(C)N1C(=O)CN1CCC[C@@H]1CO. The summed E-state index contributed by atoms with van der Waals surface area (Å²) in [4.78, 5) is 16.7. The summed E-state index contributed by atoms with van der Waals surface area (Å²) in [7, 11) is 0. The molecule has 0 aromatic rings. The van der Waals surface area contributed by atoms with Gasteiger partial charge in [0.2, 0.25) is 5.91 Å². The van der Waals surface area contributed by atoms with Gasteiger partial charge in [0.25, 0.3) is 0 Å². The van der Waals surface area contributed by atoms with E-state index < -0.39 is 0 Å². The maximum atomic E-state index is 12.4. The second kappa shape index (κ2) is 6.02. The Labute approximate surface area is 110 Å². The van der Waals surface area contributed by atoms with Crippen LogP contribution in [0.25, 0.3) is 0 Å². The lowest BCUT2D eigenvalue weighted by atomic mass is 9.97. The van der Waals surface area contributed by atoms with Gasteiger partial charge in [0.1, 0.15) is 0 Å².